The molecule has 7 heteroatoms. The van der Waals surface area contributed by atoms with Crippen molar-refractivity contribution >= 4 is 5.82 Å². The average molecular weight is 249 g/mol. The van der Waals surface area contributed by atoms with Gasteiger partial charge in [0.15, 0.2) is 0 Å². The molecule has 0 atom stereocenters. The first-order valence-corrected chi connectivity index (χ1v) is 5.19. The van der Waals surface area contributed by atoms with Crippen LogP contribution >= 0.6 is 0 Å². The van der Waals surface area contributed by atoms with Gasteiger partial charge in [-0.2, -0.15) is 13.2 Å². The SMILES string of the molecule is CCCN(CC(F)(F)F)c1cnc(CO)cn1. The maximum absolute atomic E-state index is 12.3. The van der Waals surface area contributed by atoms with Crippen molar-refractivity contribution in [3.05, 3.63) is 18.1 Å². The van der Waals surface area contributed by atoms with Crippen LogP contribution in [0.25, 0.3) is 0 Å². The highest BCUT2D eigenvalue weighted by atomic mass is 19.4. The van der Waals surface area contributed by atoms with Gasteiger partial charge < -0.3 is 10.0 Å². The lowest BCUT2D eigenvalue weighted by atomic mass is 10.4. The van der Waals surface area contributed by atoms with Crippen LogP contribution in [-0.2, 0) is 6.61 Å². The zero-order valence-electron chi connectivity index (χ0n) is 9.41. The molecule has 0 radical (unpaired) electrons. The third-order valence-electron chi connectivity index (χ3n) is 2.04. The molecule has 0 unspecified atom stereocenters. The van der Waals surface area contributed by atoms with Crippen molar-refractivity contribution in [1.29, 1.82) is 0 Å². The third kappa shape index (κ3) is 4.56. The van der Waals surface area contributed by atoms with Crippen LogP contribution in [0.1, 0.15) is 19.0 Å². The van der Waals surface area contributed by atoms with E-state index in [0.717, 1.165) is 4.90 Å². The number of alkyl halides is 3. The van der Waals surface area contributed by atoms with Gasteiger partial charge in [0.05, 0.1) is 24.7 Å². The van der Waals surface area contributed by atoms with Crippen LogP contribution < -0.4 is 4.90 Å². The second kappa shape index (κ2) is 5.81. The number of aliphatic hydroxyl groups excluding tert-OH is 1. The molecule has 0 aliphatic heterocycles. The molecule has 1 aromatic heterocycles. The predicted molar refractivity (Wildman–Crippen MR) is 56.5 cm³/mol. The molecule has 1 aromatic rings. The minimum absolute atomic E-state index is 0.168. The summed E-state index contributed by atoms with van der Waals surface area (Å²) in [5, 5.41) is 8.76. The van der Waals surface area contributed by atoms with Gasteiger partial charge >= 0.3 is 6.18 Å². The molecule has 1 N–H and O–H groups in total. The molecular formula is C10H14F3N3O. The Balaban J connectivity index is 2.81. The maximum Gasteiger partial charge on any atom is 0.405 e. The quantitative estimate of drug-likeness (QED) is 0.863. The van der Waals surface area contributed by atoms with Gasteiger partial charge in [0.1, 0.15) is 12.4 Å². The number of nitrogens with zero attached hydrogens (tertiary/aromatic N) is 3. The minimum atomic E-state index is -4.27. The molecule has 0 fully saturated rings. The molecular weight excluding hydrogens is 235 g/mol. The monoisotopic (exact) mass is 249 g/mol. The van der Waals surface area contributed by atoms with Crippen LogP contribution in [0.3, 0.4) is 0 Å². The van der Waals surface area contributed by atoms with E-state index < -0.39 is 12.7 Å². The van der Waals surface area contributed by atoms with Crippen LogP contribution in [-0.4, -0.2) is 34.3 Å². The number of hydrogen-bond acceptors (Lipinski definition) is 4. The number of aliphatic hydroxyl groups is 1. The summed E-state index contributed by atoms with van der Waals surface area (Å²) < 4.78 is 37.0. The van der Waals surface area contributed by atoms with E-state index in [4.69, 9.17) is 5.11 Å². The smallest absolute Gasteiger partial charge is 0.390 e. The van der Waals surface area contributed by atoms with Gasteiger partial charge in [-0.15, -0.1) is 0 Å². The maximum atomic E-state index is 12.3. The van der Waals surface area contributed by atoms with E-state index in [0.29, 0.717) is 12.1 Å². The van der Waals surface area contributed by atoms with E-state index in [2.05, 4.69) is 9.97 Å². The van der Waals surface area contributed by atoms with Gasteiger partial charge in [0.2, 0.25) is 0 Å². The Hall–Kier alpha value is -1.37. The first kappa shape index (κ1) is 13.7. The largest absolute Gasteiger partial charge is 0.405 e. The average Bonchev–Trinajstić information content (AvgIpc) is 2.27. The van der Waals surface area contributed by atoms with Crippen LogP contribution in [0.2, 0.25) is 0 Å². The molecule has 0 amide bonds. The summed E-state index contributed by atoms with van der Waals surface area (Å²) in [6.07, 6.45) is -1.17. The Labute approximate surface area is 97.1 Å². The Kier molecular flexibility index (Phi) is 4.68. The molecule has 17 heavy (non-hydrogen) atoms. The van der Waals surface area contributed by atoms with Crippen LogP contribution in [0, 0.1) is 0 Å². The standard InChI is InChI=1S/C10H14F3N3O/c1-2-3-16(7-10(11,12)13)9-5-14-8(6-17)4-15-9/h4-5,17H,2-3,6-7H2,1H3. The molecule has 0 aliphatic carbocycles. The fraction of sp³-hybridized carbons (Fsp3) is 0.600. The number of rotatable bonds is 5. The van der Waals surface area contributed by atoms with Gasteiger partial charge in [-0.25, -0.2) is 4.98 Å². The van der Waals surface area contributed by atoms with E-state index in [1.165, 1.54) is 12.4 Å². The normalized spacial score (nSPS) is 11.6. The Morgan fingerprint density at radius 2 is 2.00 bits per heavy atom. The molecule has 1 heterocycles. The van der Waals surface area contributed by atoms with E-state index in [1.807, 2.05) is 0 Å². The third-order valence-corrected chi connectivity index (χ3v) is 2.04. The van der Waals surface area contributed by atoms with E-state index in [-0.39, 0.29) is 19.0 Å². The zero-order chi connectivity index (χ0) is 12.9. The Morgan fingerprint density at radius 3 is 2.41 bits per heavy atom. The summed E-state index contributed by atoms with van der Waals surface area (Å²) in [5.74, 6) is 0.168. The van der Waals surface area contributed by atoms with Crippen LogP contribution in [0.4, 0.5) is 19.0 Å². The number of halogens is 3. The molecule has 0 aliphatic rings. The highest BCUT2D eigenvalue weighted by molar-refractivity contribution is 5.35. The van der Waals surface area contributed by atoms with Gasteiger partial charge in [0.25, 0.3) is 0 Å². The summed E-state index contributed by atoms with van der Waals surface area (Å²) in [7, 11) is 0. The predicted octanol–water partition coefficient (Wildman–Crippen LogP) is 1.75. The highest BCUT2D eigenvalue weighted by Gasteiger charge is 2.31. The second-order valence-electron chi connectivity index (χ2n) is 3.56. The molecule has 0 saturated carbocycles. The lowest BCUT2D eigenvalue weighted by molar-refractivity contribution is -0.119. The van der Waals surface area contributed by atoms with Gasteiger partial charge in [-0.05, 0) is 6.42 Å². The number of aromatic nitrogens is 2. The lowest BCUT2D eigenvalue weighted by Crippen LogP contribution is -2.35. The second-order valence-corrected chi connectivity index (χ2v) is 3.56. The molecule has 96 valence electrons. The van der Waals surface area contributed by atoms with Gasteiger partial charge in [-0.3, -0.25) is 4.98 Å². The topological polar surface area (TPSA) is 49.2 Å². The van der Waals surface area contributed by atoms with E-state index in [9.17, 15) is 13.2 Å². The van der Waals surface area contributed by atoms with Crippen LogP contribution in [0.5, 0.6) is 0 Å². The molecule has 1 rings (SSSR count). The molecule has 0 spiro atoms. The van der Waals surface area contributed by atoms with Crippen molar-refractivity contribution in [2.24, 2.45) is 0 Å². The van der Waals surface area contributed by atoms with Crippen molar-refractivity contribution in [3.63, 3.8) is 0 Å². The Morgan fingerprint density at radius 1 is 1.29 bits per heavy atom. The Bertz CT molecular complexity index is 340. The van der Waals surface area contributed by atoms with Crippen molar-refractivity contribution in [2.75, 3.05) is 18.0 Å². The first-order chi connectivity index (χ1) is 7.96. The van der Waals surface area contributed by atoms with Gasteiger partial charge in [0, 0.05) is 6.54 Å². The van der Waals surface area contributed by atoms with Crippen molar-refractivity contribution in [3.8, 4) is 0 Å². The number of hydrogen-bond donors (Lipinski definition) is 1. The summed E-state index contributed by atoms with van der Waals surface area (Å²) in [4.78, 5) is 8.78. The fourth-order valence-corrected chi connectivity index (χ4v) is 1.35. The summed E-state index contributed by atoms with van der Waals surface area (Å²) in [6.45, 7) is 0.722. The minimum Gasteiger partial charge on any atom is -0.390 e. The van der Waals surface area contributed by atoms with Crippen LogP contribution in [0.15, 0.2) is 12.4 Å². The summed E-state index contributed by atoms with van der Waals surface area (Å²) >= 11 is 0. The summed E-state index contributed by atoms with van der Waals surface area (Å²) in [5.41, 5.74) is 0.331. The fourth-order valence-electron chi connectivity index (χ4n) is 1.35. The molecule has 0 aromatic carbocycles. The number of anilines is 1. The zero-order valence-corrected chi connectivity index (χ0v) is 9.41. The van der Waals surface area contributed by atoms with Gasteiger partial charge in [-0.1, -0.05) is 6.92 Å². The molecule has 4 nitrogen and oxygen atoms in total. The van der Waals surface area contributed by atoms with E-state index in [1.54, 1.807) is 6.92 Å². The first-order valence-electron chi connectivity index (χ1n) is 5.19. The van der Waals surface area contributed by atoms with E-state index >= 15 is 0 Å². The van der Waals surface area contributed by atoms with Crippen molar-refractivity contribution in [2.45, 2.75) is 26.1 Å². The van der Waals surface area contributed by atoms with Crippen molar-refractivity contribution in [1.82, 2.24) is 9.97 Å². The lowest BCUT2D eigenvalue weighted by Gasteiger charge is -2.23. The highest BCUT2D eigenvalue weighted by Crippen LogP contribution is 2.20. The summed E-state index contributed by atoms with van der Waals surface area (Å²) in [6, 6.07) is 0. The molecule has 0 bridgehead atoms. The molecule has 0 saturated heterocycles. The van der Waals surface area contributed by atoms with Crippen molar-refractivity contribution < 1.29 is 18.3 Å².